The zero-order chi connectivity index (χ0) is 8.10. The molecule has 0 N–H and O–H groups in total. The van der Waals surface area contributed by atoms with Crippen molar-refractivity contribution in [1.29, 1.82) is 0 Å². The van der Waals surface area contributed by atoms with Crippen molar-refractivity contribution in [2.45, 2.75) is 13.3 Å². The maximum absolute atomic E-state index is 4.95. The van der Waals surface area contributed by atoms with Gasteiger partial charge in [-0.25, -0.2) is 0 Å². The third-order valence-electron chi connectivity index (χ3n) is 1.57. The summed E-state index contributed by atoms with van der Waals surface area (Å²) < 4.78 is 4.95. The molecule has 1 rings (SSSR count). The van der Waals surface area contributed by atoms with Crippen molar-refractivity contribution in [3.8, 4) is 0 Å². The van der Waals surface area contributed by atoms with E-state index in [1.54, 1.807) is 7.11 Å². The fourth-order valence-electron chi connectivity index (χ4n) is 0.866. The maximum Gasteiger partial charge on any atom is 0.0503 e. The normalized spacial score (nSPS) is 10.0. The number of ether oxygens (including phenoxy) is 1. The molecule has 2 heteroatoms. The third kappa shape index (κ3) is 2.68. The van der Waals surface area contributed by atoms with Gasteiger partial charge >= 0.3 is 0 Å². The Kier molecular flexibility index (Phi) is 3.05. The van der Waals surface area contributed by atoms with Gasteiger partial charge in [0.25, 0.3) is 0 Å². The SMILES string of the molecule is COCCc1ccc(C)nc1. The second kappa shape index (κ2) is 4.09. The van der Waals surface area contributed by atoms with E-state index >= 15 is 0 Å². The summed E-state index contributed by atoms with van der Waals surface area (Å²) in [7, 11) is 1.71. The Morgan fingerprint density at radius 1 is 1.45 bits per heavy atom. The summed E-state index contributed by atoms with van der Waals surface area (Å²) >= 11 is 0. The molecule has 1 aromatic rings. The van der Waals surface area contributed by atoms with Crippen LogP contribution in [-0.4, -0.2) is 18.7 Å². The Balaban J connectivity index is 2.52. The minimum Gasteiger partial charge on any atom is -0.384 e. The number of methoxy groups -OCH3 is 1. The van der Waals surface area contributed by atoms with E-state index in [4.69, 9.17) is 4.74 Å². The predicted molar refractivity (Wildman–Crippen MR) is 44.6 cm³/mol. The summed E-state index contributed by atoms with van der Waals surface area (Å²) in [6.07, 6.45) is 2.85. The molecule has 0 unspecified atom stereocenters. The van der Waals surface area contributed by atoms with Gasteiger partial charge in [0.1, 0.15) is 0 Å². The van der Waals surface area contributed by atoms with Gasteiger partial charge in [-0.1, -0.05) is 6.07 Å². The summed E-state index contributed by atoms with van der Waals surface area (Å²) in [5.74, 6) is 0. The molecule has 0 aliphatic heterocycles. The predicted octanol–water partition coefficient (Wildman–Crippen LogP) is 1.58. The molecule has 1 aromatic heterocycles. The lowest BCUT2D eigenvalue weighted by Gasteiger charge is -1.98. The summed E-state index contributed by atoms with van der Waals surface area (Å²) in [4.78, 5) is 4.18. The smallest absolute Gasteiger partial charge is 0.0503 e. The van der Waals surface area contributed by atoms with E-state index < -0.39 is 0 Å². The average Bonchev–Trinajstić information content (AvgIpc) is 2.04. The Morgan fingerprint density at radius 3 is 2.82 bits per heavy atom. The second-order valence-corrected chi connectivity index (χ2v) is 2.55. The van der Waals surface area contributed by atoms with Crippen molar-refractivity contribution in [2.24, 2.45) is 0 Å². The monoisotopic (exact) mass is 151 g/mol. The van der Waals surface area contributed by atoms with Gasteiger partial charge in [0, 0.05) is 19.0 Å². The molecule has 0 bridgehead atoms. The van der Waals surface area contributed by atoms with Crippen LogP contribution in [0.25, 0.3) is 0 Å². The molecule has 0 fully saturated rings. The standard InChI is InChI=1S/C9H13NO/c1-8-3-4-9(7-10-8)5-6-11-2/h3-4,7H,5-6H2,1-2H3. The van der Waals surface area contributed by atoms with Gasteiger partial charge in [0.05, 0.1) is 6.61 Å². The number of aromatic nitrogens is 1. The van der Waals surface area contributed by atoms with Crippen LogP contribution < -0.4 is 0 Å². The van der Waals surface area contributed by atoms with E-state index in [0.717, 1.165) is 18.7 Å². The van der Waals surface area contributed by atoms with Crippen LogP contribution in [0, 0.1) is 6.92 Å². The van der Waals surface area contributed by atoms with Crippen molar-refractivity contribution < 1.29 is 4.74 Å². The Bertz CT molecular complexity index is 205. The van der Waals surface area contributed by atoms with Crippen LogP contribution in [0.2, 0.25) is 0 Å². The third-order valence-corrected chi connectivity index (χ3v) is 1.57. The van der Waals surface area contributed by atoms with Gasteiger partial charge in [-0.05, 0) is 25.0 Å². The minimum atomic E-state index is 0.769. The van der Waals surface area contributed by atoms with E-state index in [9.17, 15) is 0 Å². The molecular weight excluding hydrogens is 138 g/mol. The second-order valence-electron chi connectivity index (χ2n) is 2.55. The zero-order valence-corrected chi connectivity index (χ0v) is 7.00. The molecule has 2 nitrogen and oxygen atoms in total. The number of hydrogen-bond donors (Lipinski definition) is 0. The van der Waals surface area contributed by atoms with Crippen molar-refractivity contribution in [2.75, 3.05) is 13.7 Å². The van der Waals surface area contributed by atoms with Crippen LogP contribution in [0.15, 0.2) is 18.3 Å². The molecule has 0 saturated carbocycles. The van der Waals surface area contributed by atoms with Crippen molar-refractivity contribution >= 4 is 0 Å². The molecule has 0 spiro atoms. The summed E-state index contributed by atoms with van der Waals surface area (Å²) in [6.45, 7) is 2.75. The number of hydrogen-bond acceptors (Lipinski definition) is 2. The van der Waals surface area contributed by atoms with E-state index in [2.05, 4.69) is 11.1 Å². The van der Waals surface area contributed by atoms with Gasteiger partial charge in [-0.15, -0.1) is 0 Å². The highest BCUT2D eigenvalue weighted by atomic mass is 16.5. The Hall–Kier alpha value is -0.890. The first kappa shape index (κ1) is 8.21. The lowest BCUT2D eigenvalue weighted by molar-refractivity contribution is 0.202. The van der Waals surface area contributed by atoms with Crippen LogP contribution >= 0.6 is 0 Å². The first-order chi connectivity index (χ1) is 5.33. The van der Waals surface area contributed by atoms with Crippen molar-refractivity contribution in [3.05, 3.63) is 29.6 Å². The molecule has 0 amide bonds. The number of aryl methyl sites for hydroxylation is 1. The van der Waals surface area contributed by atoms with Crippen molar-refractivity contribution in [3.63, 3.8) is 0 Å². The van der Waals surface area contributed by atoms with E-state index in [1.807, 2.05) is 19.2 Å². The van der Waals surface area contributed by atoms with Crippen LogP contribution in [-0.2, 0) is 11.2 Å². The molecule has 11 heavy (non-hydrogen) atoms. The first-order valence-electron chi connectivity index (χ1n) is 3.73. The number of pyridine rings is 1. The van der Waals surface area contributed by atoms with E-state index in [0.29, 0.717) is 0 Å². The maximum atomic E-state index is 4.95. The molecule has 60 valence electrons. The van der Waals surface area contributed by atoms with Crippen LogP contribution in [0.4, 0.5) is 0 Å². The van der Waals surface area contributed by atoms with Gasteiger partial charge in [-0.2, -0.15) is 0 Å². The molecule has 0 radical (unpaired) electrons. The molecular formula is C9H13NO. The molecule has 0 aliphatic rings. The van der Waals surface area contributed by atoms with Crippen LogP contribution in [0.3, 0.4) is 0 Å². The largest absolute Gasteiger partial charge is 0.384 e. The van der Waals surface area contributed by atoms with E-state index in [-0.39, 0.29) is 0 Å². The zero-order valence-electron chi connectivity index (χ0n) is 7.00. The highest BCUT2D eigenvalue weighted by Gasteiger charge is 1.91. The lowest BCUT2D eigenvalue weighted by atomic mass is 10.2. The van der Waals surface area contributed by atoms with Gasteiger partial charge < -0.3 is 4.74 Å². The lowest BCUT2D eigenvalue weighted by Crippen LogP contribution is -1.95. The van der Waals surface area contributed by atoms with E-state index in [1.165, 1.54) is 5.56 Å². The highest BCUT2D eigenvalue weighted by molar-refractivity contribution is 5.12. The van der Waals surface area contributed by atoms with Gasteiger partial charge in [0.15, 0.2) is 0 Å². The first-order valence-corrected chi connectivity index (χ1v) is 3.73. The minimum absolute atomic E-state index is 0.769. The quantitative estimate of drug-likeness (QED) is 0.654. The number of rotatable bonds is 3. The molecule has 0 saturated heterocycles. The molecule has 0 aromatic carbocycles. The molecule has 1 heterocycles. The number of nitrogens with zero attached hydrogens (tertiary/aromatic N) is 1. The average molecular weight is 151 g/mol. The highest BCUT2D eigenvalue weighted by Crippen LogP contribution is 1.99. The summed E-state index contributed by atoms with van der Waals surface area (Å²) in [6, 6.07) is 4.10. The van der Waals surface area contributed by atoms with Crippen molar-refractivity contribution in [1.82, 2.24) is 4.98 Å². The Labute approximate surface area is 67.2 Å². The topological polar surface area (TPSA) is 22.1 Å². The van der Waals surface area contributed by atoms with Crippen LogP contribution in [0.1, 0.15) is 11.3 Å². The fraction of sp³-hybridized carbons (Fsp3) is 0.444. The molecule has 0 aliphatic carbocycles. The van der Waals surface area contributed by atoms with Gasteiger partial charge in [0.2, 0.25) is 0 Å². The Morgan fingerprint density at radius 2 is 2.27 bits per heavy atom. The van der Waals surface area contributed by atoms with Gasteiger partial charge in [-0.3, -0.25) is 4.98 Å². The van der Waals surface area contributed by atoms with Crippen LogP contribution in [0.5, 0.6) is 0 Å². The molecule has 0 atom stereocenters. The summed E-state index contributed by atoms with van der Waals surface area (Å²) in [5.41, 5.74) is 2.30. The summed E-state index contributed by atoms with van der Waals surface area (Å²) in [5, 5.41) is 0. The fourth-order valence-corrected chi connectivity index (χ4v) is 0.866.